The number of aromatic nitrogens is 1. The summed E-state index contributed by atoms with van der Waals surface area (Å²) in [5, 5.41) is 3.49. The minimum Gasteiger partial charge on any atom is -0.496 e. The van der Waals surface area contributed by atoms with Crippen LogP contribution in [0.1, 0.15) is 0 Å². The average Bonchev–Trinajstić information content (AvgIpc) is 2.99. The molecule has 1 heterocycles. The first-order valence-electron chi connectivity index (χ1n) is 7.01. The van der Waals surface area contributed by atoms with Gasteiger partial charge in [-0.15, -0.1) is 0 Å². The minimum atomic E-state index is 0.914. The zero-order valence-corrected chi connectivity index (χ0v) is 11.8. The summed E-state index contributed by atoms with van der Waals surface area (Å²) in [6.45, 7) is 0. The maximum Gasteiger partial charge on any atom is 0.127 e. The van der Waals surface area contributed by atoms with Gasteiger partial charge in [0.2, 0.25) is 0 Å². The molecule has 0 atom stereocenters. The van der Waals surface area contributed by atoms with Gasteiger partial charge in [-0.3, -0.25) is 0 Å². The zero-order chi connectivity index (χ0) is 14.2. The molecule has 0 unspecified atom stereocenters. The summed E-state index contributed by atoms with van der Waals surface area (Å²) in [4.78, 5) is 3.55. The van der Waals surface area contributed by atoms with Crippen LogP contribution < -0.4 is 4.74 Å². The molecule has 4 aromatic rings. The Kier molecular flexibility index (Phi) is 2.68. The number of hydrogen-bond acceptors (Lipinski definition) is 1. The normalized spacial score (nSPS) is 11.1. The molecule has 3 aromatic carbocycles. The van der Waals surface area contributed by atoms with E-state index in [1.807, 2.05) is 12.1 Å². The van der Waals surface area contributed by atoms with Crippen LogP contribution in [0.2, 0.25) is 0 Å². The van der Waals surface area contributed by atoms with Gasteiger partial charge in [-0.05, 0) is 17.7 Å². The SMILES string of the molecule is COc1cc2cc(-c3ccccc3)[nH]c2c2ccccc12. The lowest BCUT2D eigenvalue weighted by molar-refractivity contribution is 0.420. The topological polar surface area (TPSA) is 25.0 Å². The lowest BCUT2D eigenvalue weighted by Gasteiger charge is -2.06. The predicted octanol–water partition coefficient (Wildman–Crippen LogP) is 5.00. The largest absolute Gasteiger partial charge is 0.496 e. The van der Waals surface area contributed by atoms with Crippen LogP contribution in [-0.4, -0.2) is 12.1 Å². The van der Waals surface area contributed by atoms with Gasteiger partial charge in [-0.1, -0.05) is 54.6 Å². The first-order chi connectivity index (χ1) is 10.4. The molecule has 0 bridgehead atoms. The molecule has 0 amide bonds. The van der Waals surface area contributed by atoms with Crippen LogP contribution in [0.4, 0.5) is 0 Å². The number of nitrogens with one attached hydrogen (secondary N) is 1. The average molecular weight is 273 g/mol. The lowest BCUT2D eigenvalue weighted by Crippen LogP contribution is -1.85. The Bertz CT molecular complexity index is 922. The Hall–Kier alpha value is -2.74. The third kappa shape index (κ3) is 1.88. The highest BCUT2D eigenvalue weighted by Crippen LogP contribution is 2.35. The van der Waals surface area contributed by atoms with Crippen LogP contribution in [0, 0.1) is 0 Å². The Morgan fingerprint density at radius 1 is 0.810 bits per heavy atom. The van der Waals surface area contributed by atoms with Crippen molar-refractivity contribution in [2.45, 2.75) is 0 Å². The predicted molar refractivity (Wildman–Crippen MR) is 87.8 cm³/mol. The van der Waals surface area contributed by atoms with Gasteiger partial charge < -0.3 is 9.72 Å². The van der Waals surface area contributed by atoms with Crippen LogP contribution in [0.15, 0.2) is 66.7 Å². The second-order valence-electron chi connectivity index (χ2n) is 5.14. The molecule has 0 saturated carbocycles. The van der Waals surface area contributed by atoms with E-state index in [0.29, 0.717) is 0 Å². The molecule has 0 fully saturated rings. The van der Waals surface area contributed by atoms with E-state index in [2.05, 4.69) is 59.6 Å². The Labute approximate surface area is 123 Å². The summed E-state index contributed by atoms with van der Waals surface area (Å²) in [5.74, 6) is 0.914. The second kappa shape index (κ2) is 4.67. The van der Waals surface area contributed by atoms with E-state index < -0.39 is 0 Å². The highest BCUT2D eigenvalue weighted by molar-refractivity contribution is 6.09. The number of methoxy groups -OCH3 is 1. The molecule has 0 aliphatic carbocycles. The van der Waals surface area contributed by atoms with Crippen LogP contribution >= 0.6 is 0 Å². The van der Waals surface area contributed by atoms with Gasteiger partial charge in [0.25, 0.3) is 0 Å². The quantitative estimate of drug-likeness (QED) is 0.546. The fourth-order valence-electron chi connectivity index (χ4n) is 2.88. The van der Waals surface area contributed by atoms with E-state index in [1.54, 1.807) is 7.11 Å². The van der Waals surface area contributed by atoms with Gasteiger partial charge in [-0.25, -0.2) is 0 Å². The van der Waals surface area contributed by atoms with Crippen molar-refractivity contribution in [3.8, 4) is 17.0 Å². The van der Waals surface area contributed by atoms with E-state index in [9.17, 15) is 0 Å². The van der Waals surface area contributed by atoms with E-state index >= 15 is 0 Å². The fraction of sp³-hybridized carbons (Fsp3) is 0.0526. The molecule has 0 aliphatic rings. The molecule has 2 heteroatoms. The first-order valence-corrected chi connectivity index (χ1v) is 7.01. The molecular weight excluding hydrogens is 258 g/mol. The number of H-pyrrole nitrogens is 1. The first kappa shape index (κ1) is 12.0. The number of hydrogen-bond donors (Lipinski definition) is 1. The maximum atomic E-state index is 5.54. The molecule has 1 aromatic heterocycles. The van der Waals surface area contributed by atoms with Crippen molar-refractivity contribution in [1.29, 1.82) is 0 Å². The highest BCUT2D eigenvalue weighted by atomic mass is 16.5. The monoisotopic (exact) mass is 273 g/mol. The van der Waals surface area contributed by atoms with Crippen molar-refractivity contribution < 1.29 is 4.74 Å². The molecule has 0 spiro atoms. The van der Waals surface area contributed by atoms with Gasteiger partial charge in [-0.2, -0.15) is 0 Å². The summed E-state index contributed by atoms with van der Waals surface area (Å²) < 4.78 is 5.54. The third-order valence-corrected chi connectivity index (χ3v) is 3.90. The molecular formula is C19H15NO. The van der Waals surface area contributed by atoms with Gasteiger partial charge in [0, 0.05) is 21.9 Å². The Balaban J connectivity index is 2.06. The van der Waals surface area contributed by atoms with Crippen molar-refractivity contribution in [3.63, 3.8) is 0 Å². The molecule has 102 valence electrons. The number of ether oxygens (including phenoxy) is 1. The standard InChI is InChI=1S/C19H15NO/c1-21-18-12-14-11-17(13-7-3-2-4-8-13)20-19(14)16-10-6-5-9-15(16)18/h2-12,20H,1H3. The summed E-state index contributed by atoms with van der Waals surface area (Å²) in [6, 6.07) is 23.0. The molecule has 21 heavy (non-hydrogen) atoms. The van der Waals surface area contributed by atoms with Gasteiger partial charge in [0.1, 0.15) is 5.75 Å². The van der Waals surface area contributed by atoms with Crippen LogP contribution in [-0.2, 0) is 0 Å². The summed E-state index contributed by atoms with van der Waals surface area (Å²) in [5.41, 5.74) is 3.48. The minimum absolute atomic E-state index is 0.914. The fourth-order valence-corrected chi connectivity index (χ4v) is 2.88. The van der Waals surface area contributed by atoms with Crippen molar-refractivity contribution >= 4 is 21.7 Å². The smallest absolute Gasteiger partial charge is 0.127 e. The van der Waals surface area contributed by atoms with E-state index in [0.717, 1.165) is 22.3 Å². The van der Waals surface area contributed by atoms with Gasteiger partial charge in [0.05, 0.1) is 12.6 Å². The summed E-state index contributed by atoms with van der Waals surface area (Å²) >= 11 is 0. The molecule has 4 rings (SSSR count). The number of aromatic amines is 1. The number of fused-ring (bicyclic) bond motifs is 3. The van der Waals surface area contributed by atoms with Crippen molar-refractivity contribution in [2.24, 2.45) is 0 Å². The molecule has 0 saturated heterocycles. The van der Waals surface area contributed by atoms with Crippen LogP contribution in [0.25, 0.3) is 32.9 Å². The van der Waals surface area contributed by atoms with Gasteiger partial charge in [0.15, 0.2) is 0 Å². The van der Waals surface area contributed by atoms with Crippen LogP contribution in [0.5, 0.6) is 5.75 Å². The molecule has 2 nitrogen and oxygen atoms in total. The maximum absolute atomic E-state index is 5.54. The van der Waals surface area contributed by atoms with E-state index in [4.69, 9.17) is 4.74 Å². The summed E-state index contributed by atoms with van der Waals surface area (Å²) in [7, 11) is 1.72. The van der Waals surface area contributed by atoms with Crippen molar-refractivity contribution in [3.05, 3.63) is 66.7 Å². The molecule has 0 aliphatic heterocycles. The van der Waals surface area contributed by atoms with Gasteiger partial charge >= 0.3 is 0 Å². The van der Waals surface area contributed by atoms with E-state index in [1.165, 1.54) is 16.3 Å². The zero-order valence-electron chi connectivity index (χ0n) is 11.8. The molecule has 1 N–H and O–H groups in total. The third-order valence-electron chi connectivity index (χ3n) is 3.90. The lowest BCUT2D eigenvalue weighted by atomic mass is 10.1. The van der Waals surface area contributed by atoms with E-state index in [-0.39, 0.29) is 0 Å². The Morgan fingerprint density at radius 3 is 2.29 bits per heavy atom. The van der Waals surface area contributed by atoms with Crippen LogP contribution in [0.3, 0.4) is 0 Å². The number of benzene rings is 3. The van der Waals surface area contributed by atoms with Crippen molar-refractivity contribution in [2.75, 3.05) is 7.11 Å². The van der Waals surface area contributed by atoms with Crippen molar-refractivity contribution in [1.82, 2.24) is 4.98 Å². The Morgan fingerprint density at radius 2 is 1.52 bits per heavy atom. The number of rotatable bonds is 2. The highest BCUT2D eigenvalue weighted by Gasteiger charge is 2.10. The second-order valence-corrected chi connectivity index (χ2v) is 5.14. The summed E-state index contributed by atoms with van der Waals surface area (Å²) in [6.07, 6.45) is 0. The molecule has 0 radical (unpaired) electrons.